The zero-order chi connectivity index (χ0) is 48.2. The highest BCUT2D eigenvalue weighted by Gasteiger charge is 2.57. The third-order valence-corrected chi connectivity index (χ3v) is 16.8. The van der Waals surface area contributed by atoms with Gasteiger partial charge in [-0.25, -0.2) is 9.97 Å². The van der Waals surface area contributed by atoms with Crippen molar-refractivity contribution in [1.29, 1.82) is 0 Å². The van der Waals surface area contributed by atoms with Gasteiger partial charge in [-0.2, -0.15) is 0 Å². The first kappa shape index (κ1) is 42.7. The average molecular weight is 915 g/mol. The Hall–Kier alpha value is -8.34. The van der Waals surface area contributed by atoms with E-state index in [0.717, 1.165) is 72.7 Å². The van der Waals surface area contributed by atoms with E-state index in [4.69, 9.17) is 9.97 Å². The predicted octanol–water partition coefficient (Wildman–Crippen LogP) is 17.6. The van der Waals surface area contributed by atoms with Crippen LogP contribution < -0.4 is 0 Å². The first-order valence-corrected chi connectivity index (χ1v) is 24.9. The monoisotopic (exact) mass is 914 g/mol. The number of rotatable bonds is 7. The Balaban J connectivity index is 1.11. The smallest absolute Gasteiger partial charge is 0.160 e. The minimum Gasteiger partial charge on any atom is -0.309 e. The van der Waals surface area contributed by atoms with Crippen LogP contribution in [-0.4, -0.2) is 19.1 Å². The lowest BCUT2D eigenvalue weighted by Crippen LogP contribution is -2.42. The van der Waals surface area contributed by atoms with Crippen molar-refractivity contribution in [1.82, 2.24) is 19.1 Å². The topological polar surface area (TPSA) is 35.6 Å². The summed E-state index contributed by atoms with van der Waals surface area (Å²) >= 11 is 0. The molecule has 12 aromatic rings. The van der Waals surface area contributed by atoms with Crippen molar-refractivity contribution in [3.63, 3.8) is 0 Å². The molecule has 0 radical (unpaired) electrons. The van der Waals surface area contributed by atoms with Crippen LogP contribution in [0.3, 0.4) is 0 Å². The highest BCUT2D eigenvalue weighted by molar-refractivity contribution is 6.11. The SMILES string of the molecule is CC1(C)c2cc3c4ccccc4n(-c4cc(-c5cc(-c6cccc(-c7ccccc7)c6)nc(-c6cccc(-c7ccccc7)c6)n5)cc(-n5c6ccccc6c6ccccc65)c4)c3cc2C(C)(C)C1(C)C. The predicted molar refractivity (Wildman–Crippen MR) is 298 cm³/mol. The first-order chi connectivity index (χ1) is 34.5. The number of para-hydroxylation sites is 3. The second-order valence-electron chi connectivity index (χ2n) is 21.1. The van der Waals surface area contributed by atoms with Crippen molar-refractivity contribution in [2.24, 2.45) is 5.41 Å². The van der Waals surface area contributed by atoms with Crippen LogP contribution in [0.1, 0.15) is 52.7 Å². The molecule has 0 saturated carbocycles. The van der Waals surface area contributed by atoms with Gasteiger partial charge in [0.1, 0.15) is 0 Å². The summed E-state index contributed by atoms with van der Waals surface area (Å²) in [7, 11) is 0. The van der Waals surface area contributed by atoms with Gasteiger partial charge >= 0.3 is 0 Å². The van der Waals surface area contributed by atoms with Gasteiger partial charge in [-0.1, -0.05) is 193 Å². The Labute approximate surface area is 415 Å². The third kappa shape index (κ3) is 6.58. The lowest BCUT2D eigenvalue weighted by atomic mass is 9.59. The molecule has 1 aliphatic rings. The van der Waals surface area contributed by atoms with Crippen LogP contribution in [0.5, 0.6) is 0 Å². The third-order valence-electron chi connectivity index (χ3n) is 16.8. The fourth-order valence-corrected chi connectivity index (χ4v) is 11.8. The van der Waals surface area contributed by atoms with E-state index in [1.54, 1.807) is 0 Å². The molecule has 13 rings (SSSR count). The number of hydrogen-bond donors (Lipinski definition) is 0. The minimum atomic E-state index is -0.0688. The van der Waals surface area contributed by atoms with E-state index in [0.29, 0.717) is 5.82 Å². The second kappa shape index (κ2) is 15.8. The van der Waals surface area contributed by atoms with Crippen molar-refractivity contribution < 1.29 is 0 Å². The largest absolute Gasteiger partial charge is 0.309 e. The van der Waals surface area contributed by atoms with Gasteiger partial charge in [0.05, 0.1) is 33.5 Å². The summed E-state index contributed by atoms with van der Waals surface area (Å²) in [6.45, 7) is 14.7. The highest BCUT2D eigenvalue weighted by atomic mass is 15.0. The Morgan fingerprint density at radius 2 is 0.704 bits per heavy atom. The fourth-order valence-electron chi connectivity index (χ4n) is 11.8. The molecule has 9 aromatic carbocycles. The van der Waals surface area contributed by atoms with Crippen LogP contribution in [-0.2, 0) is 10.8 Å². The van der Waals surface area contributed by atoms with Crippen LogP contribution >= 0.6 is 0 Å². The number of aromatic nitrogens is 4. The summed E-state index contributed by atoms with van der Waals surface area (Å²) in [6, 6.07) is 79.3. The molecule has 0 atom stereocenters. The first-order valence-electron chi connectivity index (χ1n) is 24.9. The molecule has 71 heavy (non-hydrogen) atoms. The molecule has 1 aliphatic carbocycles. The van der Waals surface area contributed by atoms with E-state index in [2.05, 4.69) is 269 Å². The molecular formula is C67H54N4. The lowest BCUT2D eigenvalue weighted by Gasteiger charge is -2.44. The van der Waals surface area contributed by atoms with Crippen LogP contribution in [0.2, 0.25) is 0 Å². The maximum absolute atomic E-state index is 5.58. The van der Waals surface area contributed by atoms with E-state index >= 15 is 0 Å². The van der Waals surface area contributed by atoms with E-state index < -0.39 is 0 Å². The Kier molecular flexibility index (Phi) is 9.54. The average Bonchev–Trinajstić information content (AvgIpc) is 3.96. The van der Waals surface area contributed by atoms with Gasteiger partial charge in [0.2, 0.25) is 0 Å². The molecule has 0 bridgehead atoms. The van der Waals surface area contributed by atoms with Gasteiger partial charge < -0.3 is 9.13 Å². The van der Waals surface area contributed by atoms with Gasteiger partial charge in [-0.05, 0) is 116 Å². The maximum atomic E-state index is 5.58. The second-order valence-corrected chi connectivity index (χ2v) is 21.1. The normalized spacial score (nSPS) is 14.7. The zero-order valence-electron chi connectivity index (χ0n) is 41.1. The standard InChI is InChI=1S/C67H54N4/c1-65(2)56-40-55-54-31-15-18-34-62(54)71(63(55)41-57(56)66(3,4)67(65,5)6)51-38-49(37-50(39-51)70-60-32-16-13-29-52(60)53-30-14-17-33-61(53)70)59-42-58(47-27-19-25-45(35-47)43-21-9-7-10-22-43)68-64(69-59)48-28-20-26-46(36-48)44-23-11-8-12-24-44/h7-42H,1-6H3. The molecule has 0 unspecified atom stereocenters. The zero-order valence-corrected chi connectivity index (χ0v) is 41.1. The molecule has 3 heterocycles. The molecule has 4 heteroatoms. The van der Waals surface area contributed by atoms with Crippen molar-refractivity contribution in [3.8, 4) is 67.5 Å². The van der Waals surface area contributed by atoms with Crippen molar-refractivity contribution >= 4 is 43.6 Å². The van der Waals surface area contributed by atoms with Crippen molar-refractivity contribution in [2.75, 3.05) is 0 Å². The van der Waals surface area contributed by atoms with Crippen LogP contribution in [0.15, 0.2) is 218 Å². The Morgan fingerprint density at radius 1 is 0.296 bits per heavy atom. The van der Waals surface area contributed by atoms with Gasteiger partial charge in [0, 0.05) is 49.6 Å². The molecule has 4 nitrogen and oxygen atoms in total. The van der Waals surface area contributed by atoms with Crippen LogP contribution in [0.25, 0.3) is 111 Å². The molecular weight excluding hydrogens is 861 g/mol. The fraction of sp³-hybridized carbons (Fsp3) is 0.134. The van der Waals surface area contributed by atoms with E-state index in [1.165, 1.54) is 43.7 Å². The molecule has 0 fully saturated rings. The highest BCUT2D eigenvalue weighted by Crippen LogP contribution is 2.62. The lowest BCUT2D eigenvalue weighted by molar-refractivity contribution is 0.125. The molecule has 342 valence electrons. The quantitative estimate of drug-likeness (QED) is 0.160. The molecule has 0 amide bonds. The number of fused-ring (bicyclic) bond motifs is 7. The summed E-state index contributed by atoms with van der Waals surface area (Å²) in [5.74, 6) is 0.670. The number of nitrogens with zero attached hydrogens (tertiary/aromatic N) is 4. The summed E-state index contributed by atoms with van der Waals surface area (Å²) < 4.78 is 4.95. The van der Waals surface area contributed by atoms with Gasteiger partial charge in [-0.15, -0.1) is 0 Å². The molecule has 0 aliphatic heterocycles. The molecule has 0 N–H and O–H groups in total. The molecule has 0 saturated heterocycles. The van der Waals surface area contributed by atoms with Gasteiger partial charge in [0.25, 0.3) is 0 Å². The maximum Gasteiger partial charge on any atom is 0.160 e. The molecule has 0 spiro atoms. The van der Waals surface area contributed by atoms with Gasteiger partial charge in [0.15, 0.2) is 5.82 Å². The Morgan fingerprint density at radius 3 is 1.25 bits per heavy atom. The summed E-state index contributed by atoms with van der Waals surface area (Å²) in [6.07, 6.45) is 0. The number of benzene rings is 9. The van der Waals surface area contributed by atoms with Gasteiger partial charge in [-0.3, -0.25) is 0 Å². The van der Waals surface area contributed by atoms with E-state index in [-0.39, 0.29) is 16.2 Å². The Bertz CT molecular complexity index is 3920. The van der Waals surface area contributed by atoms with Crippen LogP contribution in [0.4, 0.5) is 0 Å². The van der Waals surface area contributed by atoms with Crippen molar-refractivity contribution in [3.05, 3.63) is 230 Å². The van der Waals surface area contributed by atoms with E-state index in [9.17, 15) is 0 Å². The van der Waals surface area contributed by atoms with E-state index in [1.807, 2.05) is 0 Å². The molecule has 3 aromatic heterocycles. The summed E-state index contributed by atoms with van der Waals surface area (Å²) in [5, 5.41) is 4.96. The minimum absolute atomic E-state index is 0.0229. The van der Waals surface area contributed by atoms with Crippen LogP contribution in [0, 0.1) is 5.41 Å². The van der Waals surface area contributed by atoms with Crippen molar-refractivity contribution in [2.45, 2.75) is 52.4 Å². The number of hydrogen-bond acceptors (Lipinski definition) is 2. The summed E-state index contributed by atoms with van der Waals surface area (Å²) in [5.41, 5.74) is 18.8. The summed E-state index contributed by atoms with van der Waals surface area (Å²) in [4.78, 5) is 11.0.